The van der Waals surface area contributed by atoms with Gasteiger partial charge in [0, 0.05) is 0 Å². The van der Waals surface area contributed by atoms with Crippen molar-refractivity contribution in [2.75, 3.05) is 13.2 Å². The maximum Gasteiger partial charge on any atom is 0.130 e. The van der Waals surface area contributed by atoms with Crippen LogP contribution < -0.4 is 5.32 Å². The number of rotatable bonds is 2. The monoisotopic (exact) mass is 182 g/mol. The normalized spacial score (nSPS) is 28.8. The molecule has 1 aliphatic heterocycles. The third-order valence-electron chi connectivity index (χ3n) is 2.21. The topological polar surface area (TPSA) is 45.0 Å². The average Bonchev–Trinajstić information content (AvgIpc) is 2.49. The van der Waals surface area contributed by atoms with Crippen LogP contribution in [0, 0.1) is 11.3 Å². The minimum Gasteiger partial charge on any atom is -0.373 e. The summed E-state index contributed by atoms with van der Waals surface area (Å²) in [6.45, 7) is 7.45. The maximum absolute atomic E-state index is 9.02. The van der Waals surface area contributed by atoms with Crippen LogP contribution in [-0.4, -0.2) is 24.3 Å². The Bertz CT molecular complexity index is 206. The van der Waals surface area contributed by atoms with E-state index in [1.165, 1.54) is 0 Å². The second kappa shape index (κ2) is 3.65. The summed E-state index contributed by atoms with van der Waals surface area (Å²) in [5.74, 6) is 0. The van der Waals surface area contributed by atoms with Crippen molar-refractivity contribution in [1.29, 1.82) is 5.26 Å². The summed E-state index contributed by atoms with van der Waals surface area (Å²) in [6, 6.07) is 2.31. The van der Waals surface area contributed by atoms with Crippen LogP contribution in [0.1, 0.15) is 33.6 Å². The first-order chi connectivity index (χ1) is 5.97. The first-order valence-electron chi connectivity index (χ1n) is 4.78. The van der Waals surface area contributed by atoms with Crippen molar-refractivity contribution in [3.8, 4) is 6.07 Å². The molecule has 0 bridgehead atoms. The molecule has 1 saturated heterocycles. The predicted octanol–water partition coefficient (Wildman–Crippen LogP) is 1.45. The predicted molar refractivity (Wildman–Crippen MR) is 51.3 cm³/mol. The highest BCUT2D eigenvalue weighted by Crippen LogP contribution is 2.21. The molecule has 0 aliphatic carbocycles. The van der Waals surface area contributed by atoms with Crippen molar-refractivity contribution < 1.29 is 4.74 Å². The molecule has 0 amide bonds. The summed E-state index contributed by atoms with van der Waals surface area (Å²) >= 11 is 0. The minimum atomic E-state index is -0.423. The molecule has 0 radical (unpaired) electrons. The first-order valence-corrected chi connectivity index (χ1v) is 4.78. The molecule has 1 heterocycles. The average molecular weight is 182 g/mol. The second-order valence-electron chi connectivity index (χ2n) is 4.63. The van der Waals surface area contributed by atoms with Crippen LogP contribution >= 0.6 is 0 Å². The third-order valence-corrected chi connectivity index (χ3v) is 2.21. The second-order valence-corrected chi connectivity index (χ2v) is 4.63. The zero-order valence-corrected chi connectivity index (χ0v) is 8.68. The van der Waals surface area contributed by atoms with Gasteiger partial charge in [0.2, 0.25) is 0 Å². The van der Waals surface area contributed by atoms with Crippen LogP contribution in [-0.2, 0) is 4.74 Å². The Balaban J connectivity index is 2.46. The van der Waals surface area contributed by atoms with Gasteiger partial charge in [-0.1, -0.05) is 0 Å². The van der Waals surface area contributed by atoms with E-state index in [1.807, 2.05) is 20.8 Å². The Hall–Kier alpha value is -0.590. The standard InChI is InChI=1S/C10H18N2O/c1-9(2,3)13-8-10(7-11)5-4-6-12-10/h12H,4-6,8H2,1-3H3. The SMILES string of the molecule is CC(C)(C)OCC1(C#N)CCCN1. The number of nitrogens with one attached hydrogen (secondary N) is 1. The van der Waals surface area contributed by atoms with E-state index in [0.717, 1.165) is 19.4 Å². The molecule has 0 aromatic rings. The van der Waals surface area contributed by atoms with E-state index < -0.39 is 5.54 Å². The van der Waals surface area contributed by atoms with Crippen molar-refractivity contribution >= 4 is 0 Å². The molecular formula is C10H18N2O. The Kier molecular flexibility index (Phi) is 2.94. The van der Waals surface area contributed by atoms with Gasteiger partial charge >= 0.3 is 0 Å². The summed E-state index contributed by atoms with van der Waals surface area (Å²) in [6.07, 6.45) is 1.97. The van der Waals surface area contributed by atoms with Crippen molar-refractivity contribution in [3.05, 3.63) is 0 Å². The molecule has 0 aromatic heterocycles. The molecular weight excluding hydrogens is 164 g/mol. The Labute approximate surface area is 80.1 Å². The van der Waals surface area contributed by atoms with Gasteiger partial charge in [-0.3, -0.25) is 5.32 Å². The zero-order valence-electron chi connectivity index (χ0n) is 8.68. The lowest BCUT2D eigenvalue weighted by molar-refractivity contribution is -0.0231. The van der Waals surface area contributed by atoms with Gasteiger partial charge in [-0.2, -0.15) is 5.26 Å². The van der Waals surface area contributed by atoms with E-state index >= 15 is 0 Å². The van der Waals surface area contributed by atoms with Crippen LogP contribution in [0.4, 0.5) is 0 Å². The van der Waals surface area contributed by atoms with Gasteiger partial charge < -0.3 is 4.74 Å². The molecule has 3 nitrogen and oxygen atoms in total. The summed E-state index contributed by atoms with van der Waals surface area (Å²) in [4.78, 5) is 0. The number of ether oxygens (including phenoxy) is 1. The Morgan fingerprint density at radius 3 is 2.62 bits per heavy atom. The highest BCUT2D eigenvalue weighted by atomic mass is 16.5. The maximum atomic E-state index is 9.02. The molecule has 1 aliphatic rings. The van der Waals surface area contributed by atoms with E-state index in [4.69, 9.17) is 10.00 Å². The largest absolute Gasteiger partial charge is 0.373 e. The number of nitriles is 1. The highest BCUT2D eigenvalue weighted by molar-refractivity contribution is 5.10. The van der Waals surface area contributed by atoms with E-state index in [2.05, 4.69) is 11.4 Å². The molecule has 1 atom stereocenters. The summed E-state index contributed by atoms with van der Waals surface area (Å²) < 4.78 is 5.62. The van der Waals surface area contributed by atoms with Gasteiger partial charge in [-0.25, -0.2) is 0 Å². The van der Waals surface area contributed by atoms with Crippen LogP contribution in [0.15, 0.2) is 0 Å². The molecule has 1 rings (SSSR count). The highest BCUT2D eigenvalue weighted by Gasteiger charge is 2.34. The zero-order chi connectivity index (χ0) is 9.95. The minimum absolute atomic E-state index is 0.159. The van der Waals surface area contributed by atoms with Gasteiger partial charge in [-0.05, 0) is 40.2 Å². The van der Waals surface area contributed by atoms with Crippen LogP contribution in [0.2, 0.25) is 0 Å². The van der Waals surface area contributed by atoms with E-state index in [9.17, 15) is 0 Å². The van der Waals surface area contributed by atoms with Gasteiger partial charge in [0.1, 0.15) is 5.54 Å². The summed E-state index contributed by atoms with van der Waals surface area (Å²) in [5.41, 5.74) is -0.582. The molecule has 1 unspecified atom stereocenters. The fraction of sp³-hybridized carbons (Fsp3) is 0.900. The van der Waals surface area contributed by atoms with Crippen LogP contribution in [0.3, 0.4) is 0 Å². The molecule has 1 N–H and O–H groups in total. The number of hydrogen-bond donors (Lipinski definition) is 1. The number of hydrogen-bond acceptors (Lipinski definition) is 3. The number of nitrogens with zero attached hydrogens (tertiary/aromatic N) is 1. The third kappa shape index (κ3) is 2.98. The summed E-state index contributed by atoms with van der Waals surface area (Å²) in [7, 11) is 0. The van der Waals surface area contributed by atoms with E-state index in [0.29, 0.717) is 6.61 Å². The lowest BCUT2D eigenvalue weighted by Gasteiger charge is -2.27. The van der Waals surface area contributed by atoms with Crippen molar-refractivity contribution in [1.82, 2.24) is 5.32 Å². The van der Waals surface area contributed by atoms with Crippen molar-refractivity contribution in [3.63, 3.8) is 0 Å². The Morgan fingerprint density at radius 1 is 1.54 bits per heavy atom. The Morgan fingerprint density at radius 2 is 2.23 bits per heavy atom. The summed E-state index contributed by atoms with van der Waals surface area (Å²) in [5, 5.41) is 12.2. The smallest absolute Gasteiger partial charge is 0.130 e. The fourth-order valence-electron chi connectivity index (χ4n) is 1.40. The molecule has 1 fully saturated rings. The van der Waals surface area contributed by atoms with Crippen molar-refractivity contribution in [2.24, 2.45) is 0 Å². The van der Waals surface area contributed by atoms with Gasteiger partial charge in [0.15, 0.2) is 0 Å². The van der Waals surface area contributed by atoms with E-state index in [-0.39, 0.29) is 5.60 Å². The van der Waals surface area contributed by atoms with Crippen molar-refractivity contribution in [2.45, 2.75) is 44.8 Å². The molecule has 0 saturated carbocycles. The van der Waals surface area contributed by atoms with Gasteiger partial charge in [-0.15, -0.1) is 0 Å². The lowest BCUT2D eigenvalue weighted by atomic mass is 10.0. The molecule has 0 spiro atoms. The molecule has 74 valence electrons. The van der Waals surface area contributed by atoms with Gasteiger partial charge in [0.25, 0.3) is 0 Å². The fourth-order valence-corrected chi connectivity index (χ4v) is 1.40. The van der Waals surface area contributed by atoms with Crippen LogP contribution in [0.5, 0.6) is 0 Å². The molecule has 0 aromatic carbocycles. The van der Waals surface area contributed by atoms with E-state index in [1.54, 1.807) is 0 Å². The molecule has 13 heavy (non-hydrogen) atoms. The van der Waals surface area contributed by atoms with Gasteiger partial charge in [0.05, 0.1) is 18.3 Å². The molecule has 3 heteroatoms. The van der Waals surface area contributed by atoms with Crippen LogP contribution in [0.25, 0.3) is 0 Å². The lowest BCUT2D eigenvalue weighted by Crippen LogP contribution is -2.44. The first kappa shape index (κ1) is 10.5. The quantitative estimate of drug-likeness (QED) is 0.703.